The van der Waals surface area contributed by atoms with E-state index in [1.54, 1.807) is 12.1 Å². The largest absolute Gasteiger partial charge is 0.298 e. The molecule has 0 radical (unpaired) electrons. The van der Waals surface area contributed by atoms with Gasteiger partial charge in [0.1, 0.15) is 5.82 Å². The highest BCUT2D eigenvalue weighted by atomic mass is 19.1. The van der Waals surface area contributed by atoms with Gasteiger partial charge in [0.25, 0.3) is 0 Å². The van der Waals surface area contributed by atoms with Gasteiger partial charge in [0.2, 0.25) is 0 Å². The molecule has 0 aromatic heterocycles. The Hall–Kier alpha value is -1.22. The van der Waals surface area contributed by atoms with E-state index in [0.29, 0.717) is 18.4 Å². The van der Waals surface area contributed by atoms with E-state index >= 15 is 0 Å². The zero-order valence-corrected chi connectivity index (χ0v) is 11.1. The van der Waals surface area contributed by atoms with Crippen molar-refractivity contribution in [2.45, 2.75) is 26.7 Å². The molecule has 0 amide bonds. The number of benzene rings is 1. The fourth-order valence-corrected chi connectivity index (χ4v) is 2.49. The van der Waals surface area contributed by atoms with Crippen molar-refractivity contribution in [1.82, 2.24) is 4.90 Å². The Labute approximate surface area is 108 Å². The van der Waals surface area contributed by atoms with Crippen LogP contribution in [0.25, 0.3) is 0 Å². The molecule has 0 N–H and O–H groups in total. The fourth-order valence-electron chi connectivity index (χ4n) is 2.49. The van der Waals surface area contributed by atoms with Crippen molar-refractivity contribution in [3.05, 3.63) is 35.6 Å². The lowest BCUT2D eigenvalue weighted by Gasteiger charge is -2.18. The Morgan fingerprint density at radius 2 is 2.00 bits per heavy atom. The molecule has 18 heavy (non-hydrogen) atoms. The summed E-state index contributed by atoms with van der Waals surface area (Å²) in [6, 6.07) is 6.17. The number of hydrogen-bond donors (Lipinski definition) is 0. The van der Waals surface area contributed by atoms with E-state index in [9.17, 15) is 9.18 Å². The van der Waals surface area contributed by atoms with E-state index in [1.807, 2.05) is 0 Å². The van der Waals surface area contributed by atoms with Gasteiger partial charge in [-0.3, -0.25) is 9.69 Å². The van der Waals surface area contributed by atoms with E-state index in [2.05, 4.69) is 18.7 Å². The van der Waals surface area contributed by atoms with Crippen LogP contribution in [0.4, 0.5) is 4.39 Å². The summed E-state index contributed by atoms with van der Waals surface area (Å²) >= 11 is 0. The van der Waals surface area contributed by atoms with Crippen LogP contribution in [0, 0.1) is 11.2 Å². The van der Waals surface area contributed by atoms with E-state index in [-0.39, 0.29) is 11.6 Å². The Kier molecular flexibility index (Phi) is 3.81. The van der Waals surface area contributed by atoms with Crippen molar-refractivity contribution in [3.63, 3.8) is 0 Å². The second kappa shape index (κ2) is 5.19. The summed E-state index contributed by atoms with van der Waals surface area (Å²) in [5.74, 6) is -0.0493. The molecule has 1 aromatic carbocycles. The molecule has 3 heteroatoms. The maximum Gasteiger partial charge on any atom is 0.151 e. The second-order valence-electron chi connectivity index (χ2n) is 5.97. The van der Waals surface area contributed by atoms with E-state index < -0.39 is 0 Å². The molecule has 0 unspecified atom stereocenters. The number of ketones is 1. The van der Waals surface area contributed by atoms with Crippen molar-refractivity contribution in [1.29, 1.82) is 0 Å². The first-order chi connectivity index (χ1) is 8.44. The highest BCUT2D eigenvalue weighted by molar-refractivity contribution is 5.82. The molecule has 0 spiro atoms. The average molecular weight is 249 g/mol. The van der Waals surface area contributed by atoms with Crippen LogP contribution in [0.15, 0.2) is 24.3 Å². The first kappa shape index (κ1) is 13.2. The SMILES string of the molecule is CC1(C)CCN(CC(=O)Cc2ccc(F)cc2)C1. The number of Topliss-reactive ketones (excluding diaryl/α,β-unsaturated/α-hetero) is 1. The summed E-state index contributed by atoms with van der Waals surface area (Å²) in [5.41, 5.74) is 1.22. The highest BCUT2D eigenvalue weighted by Gasteiger charge is 2.29. The lowest BCUT2D eigenvalue weighted by Crippen LogP contribution is -2.30. The minimum Gasteiger partial charge on any atom is -0.298 e. The molecule has 0 atom stereocenters. The van der Waals surface area contributed by atoms with Crippen LogP contribution in [-0.2, 0) is 11.2 Å². The Morgan fingerprint density at radius 1 is 1.33 bits per heavy atom. The monoisotopic (exact) mass is 249 g/mol. The molecular weight excluding hydrogens is 229 g/mol. The maximum atomic E-state index is 12.7. The summed E-state index contributed by atoms with van der Waals surface area (Å²) in [6.45, 7) is 6.97. The first-order valence-corrected chi connectivity index (χ1v) is 6.43. The van der Waals surface area contributed by atoms with Gasteiger partial charge in [-0.15, -0.1) is 0 Å². The van der Waals surface area contributed by atoms with Gasteiger partial charge >= 0.3 is 0 Å². The van der Waals surface area contributed by atoms with Gasteiger partial charge < -0.3 is 0 Å². The summed E-state index contributed by atoms with van der Waals surface area (Å²) in [4.78, 5) is 14.1. The van der Waals surface area contributed by atoms with Gasteiger partial charge in [0.15, 0.2) is 5.78 Å². The second-order valence-corrected chi connectivity index (χ2v) is 5.97. The zero-order valence-electron chi connectivity index (χ0n) is 11.1. The predicted octanol–water partition coefficient (Wildman–Crippen LogP) is 2.67. The number of hydrogen-bond acceptors (Lipinski definition) is 2. The predicted molar refractivity (Wildman–Crippen MR) is 69.9 cm³/mol. The molecule has 1 aliphatic heterocycles. The van der Waals surface area contributed by atoms with Crippen LogP contribution < -0.4 is 0 Å². The molecule has 1 saturated heterocycles. The van der Waals surface area contributed by atoms with Gasteiger partial charge in [-0.05, 0) is 36.1 Å². The van der Waals surface area contributed by atoms with Crippen molar-refractivity contribution >= 4 is 5.78 Å². The summed E-state index contributed by atoms with van der Waals surface area (Å²) in [6.07, 6.45) is 1.55. The number of rotatable bonds is 4. The molecule has 1 aliphatic rings. The van der Waals surface area contributed by atoms with Gasteiger partial charge in [-0.2, -0.15) is 0 Å². The Morgan fingerprint density at radius 3 is 2.56 bits per heavy atom. The van der Waals surface area contributed by atoms with Crippen LogP contribution in [0.1, 0.15) is 25.8 Å². The van der Waals surface area contributed by atoms with Crippen molar-refractivity contribution < 1.29 is 9.18 Å². The molecule has 1 aromatic rings. The number of likely N-dealkylation sites (tertiary alicyclic amines) is 1. The third-order valence-electron chi connectivity index (χ3n) is 3.47. The van der Waals surface area contributed by atoms with Crippen molar-refractivity contribution in [2.75, 3.05) is 19.6 Å². The minimum atomic E-state index is -0.257. The first-order valence-electron chi connectivity index (χ1n) is 6.43. The molecule has 2 rings (SSSR count). The maximum absolute atomic E-state index is 12.7. The quantitative estimate of drug-likeness (QED) is 0.817. The number of halogens is 1. The fraction of sp³-hybridized carbons (Fsp3) is 0.533. The average Bonchev–Trinajstić information content (AvgIpc) is 2.61. The molecule has 0 bridgehead atoms. The van der Waals surface area contributed by atoms with Gasteiger partial charge in [0.05, 0.1) is 6.54 Å². The van der Waals surface area contributed by atoms with Crippen LogP contribution >= 0.6 is 0 Å². The molecule has 98 valence electrons. The van der Waals surface area contributed by atoms with Gasteiger partial charge in [-0.25, -0.2) is 4.39 Å². The molecule has 0 aliphatic carbocycles. The van der Waals surface area contributed by atoms with E-state index in [0.717, 1.165) is 25.1 Å². The van der Waals surface area contributed by atoms with E-state index in [1.165, 1.54) is 12.1 Å². The topological polar surface area (TPSA) is 20.3 Å². The smallest absolute Gasteiger partial charge is 0.151 e. The number of nitrogens with zero attached hydrogens (tertiary/aromatic N) is 1. The lowest BCUT2D eigenvalue weighted by molar-refractivity contribution is -0.119. The van der Waals surface area contributed by atoms with Crippen LogP contribution in [0.2, 0.25) is 0 Å². The Balaban J connectivity index is 1.84. The third-order valence-corrected chi connectivity index (χ3v) is 3.47. The molecule has 1 fully saturated rings. The summed E-state index contributed by atoms with van der Waals surface area (Å²) < 4.78 is 12.7. The summed E-state index contributed by atoms with van der Waals surface area (Å²) in [7, 11) is 0. The molecule has 2 nitrogen and oxygen atoms in total. The van der Waals surface area contributed by atoms with E-state index in [4.69, 9.17) is 0 Å². The third kappa shape index (κ3) is 3.64. The highest BCUT2D eigenvalue weighted by Crippen LogP contribution is 2.28. The van der Waals surface area contributed by atoms with Gasteiger partial charge in [0, 0.05) is 13.0 Å². The zero-order chi connectivity index (χ0) is 13.2. The van der Waals surface area contributed by atoms with Crippen LogP contribution in [-0.4, -0.2) is 30.3 Å². The molecule has 1 heterocycles. The molecular formula is C15H20FNO. The van der Waals surface area contributed by atoms with Crippen LogP contribution in [0.3, 0.4) is 0 Å². The van der Waals surface area contributed by atoms with Crippen molar-refractivity contribution in [2.24, 2.45) is 5.41 Å². The number of carbonyl (C=O) groups excluding carboxylic acids is 1. The van der Waals surface area contributed by atoms with Crippen LogP contribution in [0.5, 0.6) is 0 Å². The standard InChI is InChI=1S/C15H20FNO/c1-15(2)7-8-17(11-15)10-14(18)9-12-3-5-13(16)6-4-12/h3-6H,7-11H2,1-2H3. The summed E-state index contributed by atoms with van der Waals surface area (Å²) in [5, 5.41) is 0. The molecule has 0 saturated carbocycles. The minimum absolute atomic E-state index is 0.208. The van der Waals surface area contributed by atoms with Gasteiger partial charge in [-0.1, -0.05) is 26.0 Å². The number of carbonyl (C=O) groups is 1. The Bertz CT molecular complexity index is 425. The van der Waals surface area contributed by atoms with Crippen molar-refractivity contribution in [3.8, 4) is 0 Å². The lowest BCUT2D eigenvalue weighted by atomic mass is 9.93. The normalized spacial score (nSPS) is 19.1.